The van der Waals surface area contributed by atoms with E-state index in [1.807, 2.05) is 13.0 Å². The highest BCUT2D eigenvalue weighted by Gasteiger charge is 2.29. The molecule has 0 bridgehead atoms. The molecule has 0 N–H and O–H groups in total. The van der Waals surface area contributed by atoms with Crippen LogP contribution in [-0.2, 0) is 4.74 Å². The summed E-state index contributed by atoms with van der Waals surface area (Å²) in [6, 6.07) is 5.72. The second-order valence-corrected chi connectivity index (χ2v) is 10.4. The molecule has 8 nitrogen and oxygen atoms in total. The number of halogens is 2. The van der Waals surface area contributed by atoms with Gasteiger partial charge in [-0.15, -0.1) is 0 Å². The van der Waals surface area contributed by atoms with Crippen LogP contribution in [-0.4, -0.2) is 69.4 Å². The molecular weight excluding hydrogens is 499 g/mol. The van der Waals surface area contributed by atoms with Gasteiger partial charge in [-0.05, 0) is 70.3 Å². The van der Waals surface area contributed by atoms with Gasteiger partial charge in [0.1, 0.15) is 11.3 Å². The fourth-order valence-corrected chi connectivity index (χ4v) is 5.94. The van der Waals surface area contributed by atoms with Gasteiger partial charge in [0.25, 0.3) is 0 Å². The number of ether oxygens (including phenoxy) is 1. The summed E-state index contributed by atoms with van der Waals surface area (Å²) in [5.74, 6) is 0.283. The van der Waals surface area contributed by atoms with Crippen molar-refractivity contribution in [1.82, 2.24) is 24.6 Å². The molecule has 2 fully saturated rings. The molecule has 2 saturated heterocycles. The Kier molecular flexibility index (Phi) is 7.65. The van der Waals surface area contributed by atoms with Crippen LogP contribution in [0.15, 0.2) is 24.4 Å². The van der Waals surface area contributed by atoms with Gasteiger partial charge in [0.05, 0.1) is 18.8 Å². The molecule has 0 saturated carbocycles. The maximum Gasteiger partial charge on any atom is 0.361 e. The number of rotatable bonds is 6. The minimum Gasteiger partial charge on any atom is -0.461 e. The summed E-state index contributed by atoms with van der Waals surface area (Å²) >= 11 is 12.6. The van der Waals surface area contributed by atoms with E-state index in [0.717, 1.165) is 37.3 Å². The van der Waals surface area contributed by atoms with E-state index in [1.165, 1.54) is 32.4 Å². The van der Waals surface area contributed by atoms with Crippen molar-refractivity contribution >= 4 is 46.2 Å². The molecular formula is C26H32Cl2N6O2. The zero-order valence-corrected chi connectivity index (χ0v) is 22.3. The van der Waals surface area contributed by atoms with E-state index >= 15 is 0 Å². The molecule has 10 heteroatoms. The summed E-state index contributed by atoms with van der Waals surface area (Å²) < 4.78 is 6.97. The van der Waals surface area contributed by atoms with E-state index in [-0.39, 0.29) is 18.3 Å². The maximum atomic E-state index is 12.7. The number of anilines is 1. The second kappa shape index (κ2) is 10.9. The number of hydrogen-bond acceptors (Lipinski definition) is 7. The number of hydrogen-bond donors (Lipinski definition) is 0. The molecule has 4 heterocycles. The number of fused-ring (bicyclic) bond motifs is 1. The molecule has 3 aromatic rings. The summed E-state index contributed by atoms with van der Waals surface area (Å²) in [5, 5.41) is 5.69. The third-order valence-electron chi connectivity index (χ3n) is 7.33. The highest BCUT2D eigenvalue weighted by molar-refractivity contribution is 6.35. The smallest absolute Gasteiger partial charge is 0.361 e. The van der Waals surface area contributed by atoms with Crippen molar-refractivity contribution in [2.75, 3.05) is 37.7 Å². The molecule has 0 amide bonds. The van der Waals surface area contributed by atoms with Crippen LogP contribution < -0.4 is 4.90 Å². The van der Waals surface area contributed by atoms with Crippen molar-refractivity contribution in [2.45, 2.75) is 58.0 Å². The fourth-order valence-electron chi connectivity index (χ4n) is 5.37. The van der Waals surface area contributed by atoms with E-state index in [2.05, 4.69) is 19.9 Å². The lowest BCUT2D eigenvalue weighted by Gasteiger charge is -2.40. The Balaban J connectivity index is 1.46. The van der Waals surface area contributed by atoms with Crippen molar-refractivity contribution < 1.29 is 9.53 Å². The van der Waals surface area contributed by atoms with Crippen LogP contribution in [0.3, 0.4) is 0 Å². The standard InChI is InChI=1S/C26H32Cl2N6O2/c1-3-36-26(35)24-23-25(34(31-24)17(2)20-8-7-18(27)15-21(20)28)30-22(16-29-23)33-13-9-19(10-14-33)32-11-5-4-6-12-32/h7-8,15-17,19H,3-6,9-14H2,1-2H3. The second-order valence-electron chi connectivity index (χ2n) is 9.57. The van der Waals surface area contributed by atoms with Gasteiger partial charge in [-0.2, -0.15) is 5.10 Å². The molecule has 5 rings (SSSR count). The van der Waals surface area contributed by atoms with Gasteiger partial charge in [-0.1, -0.05) is 35.7 Å². The van der Waals surface area contributed by atoms with Crippen molar-refractivity contribution in [3.63, 3.8) is 0 Å². The van der Waals surface area contributed by atoms with Crippen LogP contribution in [0, 0.1) is 0 Å². The first-order valence-corrected chi connectivity index (χ1v) is 13.6. The molecule has 36 heavy (non-hydrogen) atoms. The first kappa shape index (κ1) is 25.2. The van der Waals surface area contributed by atoms with Crippen molar-refractivity contribution in [2.24, 2.45) is 0 Å². The number of carbonyl (C=O) groups is 1. The average Bonchev–Trinajstić information content (AvgIpc) is 3.28. The predicted octanol–water partition coefficient (Wildman–Crippen LogP) is 5.37. The minimum absolute atomic E-state index is 0.159. The van der Waals surface area contributed by atoms with Crippen molar-refractivity contribution in [3.05, 3.63) is 45.7 Å². The van der Waals surface area contributed by atoms with E-state index in [4.69, 9.17) is 32.9 Å². The van der Waals surface area contributed by atoms with Gasteiger partial charge >= 0.3 is 5.97 Å². The average molecular weight is 531 g/mol. The third kappa shape index (κ3) is 5.04. The molecule has 192 valence electrons. The first-order chi connectivity index (χ1) is 17.5. The van der Waals surface area contributed by atoms with E-state index in [1.54, 1.807) is 29.9 Å². The number of benzene rings is 1. The Morgan fingerprint density at radius 3 is 2.58 bits per heavy atom. The molecule has 2 aliphatic heterocycles. The predicted molar refractivity (Wildman–Crippen MR) is 142 cm³/mol. The quantitative estimate of drug-likeness (QED) is 0.396. The largest absolute Gasteiger partial charge is 0.461 e. The normalized spacial score (nSPS) is 18.5. The monoisotopic (exact) mass is 530 g/mol. The zero-order chi connectivity index (χ0) is 25.2. The number of aromatic nitrogens is 4. The molecule has 0 radical (unpaired) electrons. The lowest BCUT2D eigenvalue weighted by Crippen LogP contribution is -2.47. The third-order valence-corrected chi connectivity index (χ3v) is 7.90. The van der Waals surface area contributed by atoms with Crippen LogP contribution in [0.2, 0.25) is 10.0 Å². The molecule has 1 aromatic carbocycles. The lowest BCUT2D eigenvalue weighted by molar-refractivity contribution is 0.0520. The van der Waals surface area contributed by atoms with Crippen LogP contribution >= 0.6 is 23.2 Å². The minimum atomic E-state index is -0.514. The molecule has 1 atom stereocenters. The first-order valence-electron chi connectivity index (χ1n) is 12.8. The Labute approximate surface area is 221 Å². The number of carbonyl (C=O) groups excluding carboxylic acids is 1. The molecule has 1 unspecified atom stereocenters. The summed E-state index contributed by atoms with van der Waals surface area (Å²) in [7, 11) is 0. The number of piperidine rings is 2. The highest BCUT2D eigenvalue weighted by atomic mass is 35.5. The summed E-state index contributed by atoms with van der Waals surface area (Å²) in [6.07, 6.45) is 7.95. The van der Waals surface area contributed by atoms with Crippen LogP contribution in [0.25, 0.3) is 11.2 Å². The van der Waals surface area contributed by atoms with Gasteiger partial charge in [-0.3, -0.25) is 0 Å². The van der Waals surface area contributed by atoms with Gasteiger partial charge in [-0.25, -0.2) is 19.4 Å². The molecule has 0 aliphatic carbocycles. The summed E-state index contributed by atoms with van der Waals surface area (Å²) in [5.41, 5.74) is 1.95. The Bertz CT molecular complexity index is 1230. The lowest BCUT2D eigenvalue weighted by atomic mass is 10.00. The van der Waals surface area contributed by atoms with E-state index in [9.17, 15) is 4.79 Å². The van der Waals surface area contributed by atoms with E-state index < -0.39 is 5.97 Å². The van der Waals surface area contributed by atoms with E-state index in [0.29, 0.717) is 27.3 Å². The summed E-state index contributed by atoms with van der Waals surface area (Å²) in [4.78, 5) is 27.3. The van der Waals surface area contributed by atoms with Crippen molar-refractivity contribution in [1.29, 1.82) is 0 Å². The fraction of sp³-hybridized carbons (Fsp3) is 0.538. The van der Waals surface area contributed by atoms with Crippen LogP contribution in [0.5, 0.6) is 0 Å². The van der Waals surface area contributed by atoms with Gasteiger partial charge in [0.15, 0.2) is 11.3 Å². The number of esters is 1. The molecule has 0 spiro atoms. The van der Waals surface area contributed by atoms with Crippen LogP contribution in [0.4, 0.5) is 5.82 Å². The Hall–Kier alpha value is -2.42. The van der Waals surface area contributed by atoms with Crippen LogP contribution in [0.1, 0.15) is 68.0 Å². The molecule has 2 aromatic heterocycles. The number of likely N-dealkylation sites (tertiary alicyclic amines) is 1. The van der Waals surface area contributed by atoms with Crippen molar-refractivity contribution in [3.8, 4) is 0 Å². The Morgan fingerprint density at radius 2 is 1.89 bits per heavy atom. The SMILES string of the molecule is CCOC(=O)c1nn(C(C)c2ccc(Cl)cc2Cl)c2nc(N3CCC(N4CCCCC4)CC3)cnc12. The topological polar surface area (TPSA) is 76.4 Å². The van der Waals surface area contributed by atoms with Gasteiger partial charge in [0, 0.05) is 29.2 Å². The highest BCUT2D eigenvalue weighted by Crippen LogP contribution is 2.32. The number of nitrogens with zero attached hydrogens (tertiary/aromatic N) is 6. The van der Waals surface area contributed by atoms with Gasteiger partial charge in [0.2, 0.25) is 0 Å². The zero-order valence-electron chi connectivity index (χ0n) is 20.8. The Morgan fingerprint density at radius 1 is 1.14 bits per heavy atom. The maximum absolute atomic E-state index is 12.7. The molecule has 2 aliphatic rings. The summed E-state index contributed by atoms with van der Waals surface area (Å²) in [6.45, 7) is 8.29. The van der Waals surface area contributed by atoms with Gasteiger partial charge < -0.3 is 14.5 Å².